The van der Waals surface area contributed by atoms with Crippen molar-refractivity contribution in [1.29, 1.82) is 0 Å². The Hall–Kier alpha value is -1.71. The van der Waals surface area contributed by atoms with E-state index in [4.69, 9.17) is 5.73 Å². The quantitative estimate of drug-likeness (QED) is 0.742. The number of rotatable bonds is 5. The van der Waals surface area contributed by atoms with Crippen LogP contribution in [0.25, 0.3) is 0 Å². The van der Waals surface area contributed by atoms with Gasteiger partial charge in [-0.15, -0.1) is 0 Å². The molecule has 1 amide bonds. The second-order valence-corrected chi connectivity index (χ2v) is 3.65. The van der Waals surface area contributed by atoms with E-state index in [9.17, 15) is 4.79 Å². The summed E-state index contributed by atoms with van der Waals surface area (Å²) in [5, 5.41) is 3.24. The van der Waals surface area contributed by atoms with E-state index in [2.05, 4.69) is 5.32 Å². The molecule has 0 fully saturated rings. The molecule has 0 spiro atoms. The Morgan fingerprint density at radius 2 is 2.00 bits per heavy atom. The molecule has 0 aliphatic heterocycles. The molecule has 16 heavy (non-hydrogen) atoms. The second-order valence-electron chi connectivity index (χ2n) is 3.65. The molecule has 88 valence electrons. The van der Waals surface area contributed by atoms with Gasteiger partial charge in [0, 0.05) is 37.9 Å². The van der Waals surface area contributed by atoms with E-state index in [1.54, 1.807) is 11.8 Å². The summed E-state index contributed by atoms with van der Waals surface area (Å²) in [7, 11) is 0. The predicted molar refractivity (Wildman–Crippen MR) is 67.3 cm³/mol. The highest BCUT2D eigenvalue weighted by atomic mass is 16.2. The van der Waals surface area contributed by atoms with Gasteiger partial charge < -0.3 is 16.0 Å². The van der Waals surface area contributed by atoms with Crippen LogP contribution in [-0.4, -0.2) is 30.4 Å². The Balaban J connectivity index is 2.35. The van der Waals surface area contributed by atoms with Crippen molar-refractivity contribution >= 4 is 17.3 Å². The smallest absolute Gasteiger partial charge is 0.219 e. The van der Waals surface area contributed by atoms with Crippen molar-refractivity contribution in [3.05, 3.63) is 24.3 Å². The maximum absolute atomic E-state index is 11.1. The Morgan fingerprint density at radius 1 is 1.38 bits per heavy atom. The van der Waals surface area contributed by atoms with Crippen LogP contribution in [0.15, 0.2) is 24.3 Å². The van der Waals surface area contributed by atoms with Crippen LogP contribution in [0.3, 0.4) is 0 Å². The van der Waals surface area contributed by atoms with Crippen molar-refractivity contribution in [2.45, 2.75) is 13.8 Å². The number of nitrogen functional groups attached to an aromatic ring is 1. The van der Waals surface area contributed by atoms with Crippen LogP contribution in [0.2, 0.25) is 0 Å². The van der Waals surface area contributed by atoms with Crippen LogP contribution in [0, 0.1) is 0 Å². The lowest BCUT2D eigenvalue weighted by Crippen LogP contribution is -2.32. The van der Waals surface area contributed by atoms with E-state index in [0.29, 0.717) is 0 Å². The number of nitrogens with two attached hydrogens (primary N) is 1. The highest BCUT2D eigenvalue weighted by molar-refractivity contribution is 5.73. The van der Waals surface area contributed by atoms with Gasteiger partial charge in [0.1, 0.15) is 0 Å². The minimum atomic E-state index is 0.113. The summed E-state index contributed by atoms with van der Waals surface area (Å²) in [5.74, 6) is 0.113. The highest BCUT2D eigenvalue weighted by Gasteiger charge is 2.04. The largest absolute Gasteiger partial charge is 0.399 e. The summed E-state index contributed by atoms with van der Waals surface area (Å²) in [6.45, 7) is 5.78. The molecule has 0 aliphatic carbocycles. The first kappa shape index (κ1) is 12.4. The summed E-state index contributed by atoms with van der Waals surface area (Å²) >= 11 is 0. The molecule has 0 aliphatic rings. The zero-order chi connectivity index (χ0) is 12.0. The number of nitrogens with one attached hydrogen (secondary N) is 1. The maximum Gasteiger partial charge on any atom is 0.219 e. The number of likely N-dealkylation sites (N-methyl/N-ethyl adjacent to an activating group) is 1. The molecule has 0 aromatic heterocycles. The number of carbonyl (C=O) groups is 1. The third-order valence-corrected chi connectivity index (χ3v) is 2.45. The van der Waals surface area contributed by atoms with E-state index in [0.717, 1.165) is 31.0 Å². The van der Waals surface area contributed by atoms with Gasteiger partial charge in [0.2, 0.25) is 5.91 Å². The van der Waals surface area contributed by atoms with Crippen LogP contribution in [-0.2, 0) is 4.79 Å². The Labute approximate surface area is 96.4 Å². The topological polar surface area (TPSA) is 58.4 Å². The van der Waals surface area contributed by atoms with Crippen molar-refractivity contribution in [1.82, 2.24) is 4.90 Å². The van der Waals surface area contributed by atoms with Crippen LogP contribution < -0.4 is 11.1 Å². The molecule has 0 radical (unpaired) electrons. The molecule has 0 atom stereocenters. The van der Waals surface area contributed by atoms with Gasteiger partial charge in [-0.25, -0.2) is 0 Å². The van der Waals surface area contributed by atoms with Gasteiger partial charge >= 0.3 is 0 Å². The third kappa shape index (κ3) is 3.81. The molecule has 0 saturated carbocycles. The fourth-order valence-electron chi connectivity index (χ4n) is 1.47. The summed E-state index contributed by atoms with van der Waals surface area (Å²) in [5.41, 5.74) is 7.36. The van der Waals surface area contributed by atoms with Gasteiger partial charge in [0.05, 0.1) is 0 Å². The Bertz CT molecular complexity index is 335. The molecule has 0 saturated heterocycles. The standard InChI is InChI=1S/C12H19N3O/c1-3-15(10(2)16)9-8-14-12-6-4-11(13)5-7-12/h4-7,14H,3,8-9,13H2,1-2H3. The summed E-state index contributed by atoms with van der Waals surface area (Å²) < 4.78 is 0. The minimum absolute atomic E-state index is 0.113. The van der Waals surface area contributed by atoms with Gasteiger partial charge in [0.15, 0.2) is 0 Å². The fraction of sp³-hybridized carbons (Fsp3) is 0.417. The van der Waals surface area contributed by atoms with Crippen molar-refractivity contribution in [3.63, 3.8) is 0 Å². The first-order valence-electron chi connectivity index (χ1n) is 5.48. The first-order valence-corrected chi connectivity index (χ1v) is 5.48. The number of nitrogens with zero attached hydrogens (tertiary/aromatic N) is 1. The molecule has 1 rings (SSSR count). The number of amides is 1. The molecule has 1 aromatic rings. The van der Waals surface area contributed by atoms with Crippen LogP contribution in [0.4, 0.5) is 11.4 Å². The molecule has 0 unspecified atom stereocenters. The summed E-state index contributed by atoms with van der Waals surface area (Å²) in [4.78, 5) is 12.9. The van der Waals surface area contributed by atoms with E-state index in [1.165, 1.54) is 0 Å². The number of carbonyl (C=O) groups excluding carboxylic acids is 1. The second kappa shape index (κ2) is 6.00. The normalized spacial score (nSPS) is 9.88. The van der Waals surface area contributed by atoms with Gasteiger partial charge in [-0.2, -0.15) is 0 Å². The minimum Gasteiger partial charge on any atom is -0.399 e. The lowest BCUT2D eigenvalue weighted by Gasteiger charge is -2.19. The lowest BCUT2D eigenvalue weighted by atomic mass is 10.3. The molecule has 4 nitrogen and oxygen atoms in total. The number of hydrogen-bond donors (Lipinski definition) is 2. The molecular weight excluding hydrogens is 202 g/mol. The average Bonchev–Trinajstić information content (AvgIpc) is 2.26. The molecule has 0 heterocycles. The molecular formula is C12H19N3O. The SMILES string of the molecule is CCN(CCNc1ccc(N)cc1)C(C)=O. The summed E-state index contributed by atoms with van der Waals surface area (Å²) in [6.07, 6.45) is 0. The highest BCUT2D eigenvalue weighted by Crippen LogP contribution is 2.09. The molecule has 3 N–H and O–H groups in total. The van der Waals surface area contributed by atoms with E-state index < -0.39 is 0 Å². The first-order chi connectivity index (χ1) is 7.63. The number of hydrogen-bond acceptors (Lipinski definition) is 3. The van der Waals surface area contributed by atoms with Gasteiger partial charge in [-0.1, -0.05) is 0 Å². The van der Waals surface area contributed by atoms with Crippen LogP contribution in [0.5, 0.6) is 0 Å². The van der Waals surface area contributed by atoms with Crippen molar-refractivity contribution in [2.24, 2.45) is 0 Å². The molecule has 1 aromatic carbocycles. The van der Waals surface area contributed by atoms with Crippen molar-refractivity contribution < 1.29 is 4.79 Å². The number of anilines is 2. The predicted octanol–water partition coefficient (Wildman–Crippen LogP) is 1.55. The van der Waals surface area contributed by atoms with E-state index in [1.807, 2.05) is 31.2 Å². The van der Waals surface area contributed by atoms with Gasteiger partial charge in [-0.05, 0) is 31.2 Å². The molecule has 0 bridgehead atoms. The lowest BCUT2D eigenvalue weighted by molar-refractivity contribution is -0.128. The van der Waals surface area contributed by atoms with Crippen LogP contribution >= 0.6 is 0 Å². The zero-order valence-electron chi connectivity index (χ0n) is 9.86. The Kier molecular flexibility index (Phi) is 4.64. The van der Waals surface area contributed by atoms with Gasteiger partial charge in [0.25, 0.3) is 0 Å². The molecule has 4 heteroatoms. The average molecular weight is 221 g/mol. The number of benzene rings is 1. The van der Waals surface area contributed by atoms with E-state index in [-0.39, 0.29) is 5.91 Å². The van der Waals surface area contributed by atoms with Crippen molar-refractivity contribution in [3.8, 4) is 0 Å². The third-order valence-electron chi connectivity index (χ3n) is 2.45. The maximum atomic E-state index is 11.1. The van der Waals surface area contributed by atoms with E-state index >= 15 is 0 Å². The summed E-state index contributed by atoms with van der Waals surface area (Å²) in [6, 6.07) is 7.56. The monoisotopic (exact) mass is 221 g/mol. The van der Waals surface area contributed by atoms with Crippen molar-refractivity contribution in [2.75, 3.05) is 30.7 Å². The fourth-order valence-corrected chi connectivity index (χ4v) is 1.47. The van der Waals surface area contributed by atoms with Crippen LogP contribution in [0.1, 0.15) is 13.8 Å². The van der Waals surface area contributed by atoms with Gasteiger partial charge in [-0.3, -0.25) is 4.79 Å². The Morgan fingerprint density at radius 3 is 2.50 bits per heavy atom. The zero-order valence-corrected chi connectivity index (χ0v) is 9.86.